The molecule has 19 heavy (non-hydrogen) atoms. The Balaban J connectivity index is 2.04. The third-order valence-corrected chi connectivity index (χ3v) is 4.81. The molecule has 3 aromatic rings. The summed E-state index contributed by atoms with van der Waals surface area (Å²) < 4.78 is 6.53. The van der Waals surface area contributed by atoms with E-state index in [0.29, 0.717) is 5.76 Å². The van der Waals surface area contributed by atoms with Crippen LogP contribution >= 0.6 is 27.3 Å². The van der Waals surface area contributed by atoms with Crippen LogP contribution in [0.1, 0.15) is 27.2 Å². The Morgan fingerprint density at radius 1 is 1.32 bits per heavy atom. The van der Waals surface area contributed by atoms with Crippen molar-refractivity contribution in [2.24, 2.45) is 0 Å². The average Bonchev–Trinajstić information content (AvgIpc) is 3.05. The Kier molecular flexibility index (Phi) is 3.29. The summed E-state index contributed by atoms with van der Waals surface area (Å²) in [7, 11) is 0. The summed E-state index contributed by atoms with van der Waals surface area (Å²) in [4.78, 5) is 14.3. The zero-order valence-electron chi connectivity index (χ0n) is 10.3. The SMILES string of the molecule is CCc1ccc(C(=O)c2cc3cccc(Br)c3o2)s1. The van der Waals surface area contributed by atoms with Crippen molar-refractivity contribution < 1.29 is 9.21 Å². The van der Waals surface area contributed by atoms with Crippen molar-refractivity contribution in [3.63, 3.8) is 0 Å². The molecule has 0 atom stereocenters. The molecular formula is C15H11BrO2S. The molecule has 0 N–H and O–H groups in total. The van der Waals surface area contributed by atoms with Gasteiger partial charge >= 0.3 is 0 Å². The first-order valence-corrected chi connectivity index (χ1v) is 7.61. The van der Waals surface area contributed by atoms with Gasteiger partial charge in [-0.05, 0) is 46.6 Å². The number of furan rings is 1. The largest absolute Gasteiger partial charge is 0.451 e. The maximum absolute atomic E-state index is 12.4. The Morgan fingerprint density at radius 2 is 2.16 bits per heavy atom. The Morgan fingerprint density at radius 3 is 2.84 bits per heavy atom. The smallest absolute Gasteiger partial charge is 0.238 e. The molecular weight excluding hydrogens is 324 g/mol. The van der Waals surface area contributed by atoms with Gasteiger partial charge in [-0.2, -0.15) is 0 Å². The van der Waals surface area contributed by atoms with Crippen molar-refractivity contribution in [3.8, 4) is 0 Å². The Hall–Kier alpha value is -1.39. The molecule has 2 nitrogen and oxygen atoms in total. The van der Waals surface area contributed by atoms with Gasteiger partial charge in [0.2, 0.25) is 5.78 Å². The van der Waals surface area contributed by atoms with Crippen molar-refractivity contribution in [1.82, 2.24) is 0 Å². The highest BCUT2D eigenvalue weighted by molar-refractivity contribution is 9.10. The first-order chi connectivity index (χ1) is 9.19. The molecule has 4 heteroatoms. The van der Waals surface area contributed by atoms with Crippen LogP contribution in [0.4, 0.5) is 0 Å². The topological polar surface area (TPSA) is 30.2 Å². The van der Waals surface area contributed by atoms with Gasteiger partial charge in [0.05, 0.1) is 9.35 Å². The van der Waals surface area contributed by atoms with Crippen molar-refractivity contribution in [3.05, 3.63) is 56.4 Å². The van der Waals surface area contributed by atoms with Crippen LogP contribution in [-0.2, 0) is 6.42 Å². The predicted octanol–water partition coefficient (Wildman–Crippen LogP) is 5.05. The number of carbonyl (C=O) groups is 1. The molecule has 0 unspecified atom stereocenters. The lowest BCUT2D eigenvalue weighted by Gasteiger charge is -1.92. The molecule has 1 aromatic carbocycles. The Bertz CT molecular complexity index is 754. The molecule has 0 aliphatic heterocycles. The fourth-order valence-electron chi connectivity index (χ4n) is 1.95. The number of hydrogen-bond acceptors (Lipinski definition) is 3. The minimum atomic E-state index is -0.0483. The van der Waals surface area contributed by atoms with E-state index >= 15 is 0 Å². The standard InChI is InChI=1S/C15H11BrO2S/c1-2-10-6-7-13(19-10)14(17)12-8-9-4-3-5-11(16)15(9)18-12/h3-8H,2H2,1H3. The molecule has 0 saturated carbocycles. The number of halogens is 1. The third kappa shape index (κ3) is 2.26. The zero-order valence-corrected chi connectivity index (χ0v) is 12.7. The van der Waals surface area contributed by atoms with Gasteiger partial charge in [-0.25, -0.2) is 0 Å². The minimum absolute atomic E-state index is 0.0483. The van der Waals surface area contributed by atoms with E-state index in [9.17, 15) is 4.79 Å². The van der Waals surface area contributed by atoms with Gasteiger partial charge < -0.3 is 4.42 Å². The van der Waals surface area contributed by atoms with Crippen LogP contribution in [-0.4, -0.2) is 5.78 Å². The summed E-state index contributed by atoms with van der Waals surface area (Å²) in [5.74, 6) is 0.346. The summed E-state index contributed by atoms with van der Waals surface area (Å²) in [5, 5.41) is 0.935. The molecule has 0 bridgehead atoms. The monoisotopic (exact) mass is 334 g/mol. The third-order valence-electron chi connectivity index (χ3n) is 2.95. The quantitative estimate of drug-likeness (QED) is 0.627. The number of benzene rings is 1. The van der Waals surface area contributed by atoms with E-state index in [2.05, 4.69) is 22.9 Å². The van der Waals surface area contributed by atoms with E-state index < -0.39 is 0 Å². The second-order valence-corrected chi connectivity index (χ2v) is 6.24. The lowest BCUT2D eigenvalue weighted by Crippen LogP contribution is -1.95. The van der Waals surface area contributed by atoms with Gasteiger partial charge in [0.25, 0.3) is 0 Å². The molecule has 0 fully saturated rings. The van der Waals surface area contributed by atoms with E-state index in [0.717, 1.165) is 26.7 Å². The first-order valence-electron chi connectivity index (χ1n) is 6.00. The normalized spacial score (nSPS) is 11.1. The lowest BCUT2D eigenvalue weighted by atomic mass is 10.2. The van der Waals surface area contributed by atoms with Crippen molar-refractivity contribution in [2.45, 2.75) is 13.3 Å². The van der Waals surface area contributed by atoms with E-state index in [4.69, 9.17) is 4.42 Å². The van der Waals surface area contributed by atoms with Crippen LogP contribution < -0.4 is 0 Å². The fraction of sp³-hybridized carbons (Fsp3) is 0.133. The molecule has 96 valence electrons. The van der Waals surface area contributed by atoms with Gasteiger partial charge in [-0.1, -0.05) is 19.1 Å². The summed E-state index contributed by atoms with van der Waals surface area (Å²) in [6.07, 6.45) is 0.948. The fourth-order valence-corrected chi connectivity index (χ4v) is 3.31. The van der Waals surface area contributed by atoms with E-state index in [1.807, 2.05) is 30.3 Å². The number of hydrogen-bond donors (Lipinski definition) is 0. The second-order valence-electron chi connectivity index (χ2n) is 4.22. The number of thiophene rings is 1. The predicted molar refractivity (Wildman–Crippen MR) is 81.0 cm³/mol. The van der Waals surface area contributed by atoms with Crippen molar-refractivity contribution in [1.29, 1.82) is 0 Å². The zero-order chi connectivity index (χ0) is 13.4. The summed E-state index contributed by atoms with van der Waals surface area (Å²) in [5.41, 5.74) is 0.720. The van der Waals surface area contributed by atoms with E-state index in [1.165, 1.54) is 16.2 Å². The highest BCUT2D eigenvalue weighted by Crippen LogP contribution is 2.29. The summed E-state index contributed by atoms with van der Waals surface area (Å²) in [6, 6.07) is 11.4. The molecule has 0 aliphatic carbocycles. The number of carbonyl (C=O) groups excluding carboxylic acids is 1. The molecule has 0 aliphatic rings. The first kappa shape index (κ1) is 12.6. The van der Waals surface area contributed by atoms with Crippen LogP contribution in [0.25, 0.3) is 11.0 Å². The molecule has 0 spiro atoms. The van der Waals surface area contributed by atoms with E-state index in [-0.39, 0.29) is 5.78 Å². The molecule has 3 rings (SSSR count). The van der Waals surface area contributed by atoms with Gasteiger partial charge in [-0.15, -0.1) is 11.3 Å². The minimum Gasteiger partial charge on any atom is -0.451 e. The molecule has 0 saturated heterocycles. The number of fused-ring (bicyclic) bond motifs is 1. The molecule has 2 heterocycles. The maximum atomic E-state index is 12.4. The Labute approximate surface area is 123 Å². The van der Waals surface area contributed by atoms with Crippen LogP contribution in [0.5, 0.6) is 0 Å². The number of ketones is 1. The van der Waals surface area contributed by atoms with Crippen molar-refractivity contribution >= 4 is 44.0 Å². The van der Waals surface area contributed by atoms with Gasteiger partial charge in [-0.3, -0.25) is 4.79 Å². The molecule has 0 amide bonds. The summed E-state index contributed by atoms with van der Waals surface area (Å²) >= 11 is 4.96. The van der Waals surface area contributed by atoms with Crippen LogP contribution in [0.3, 0.4) is 0 Å². The second kappa shape index (κ2) is 4.94. The van der Waals surface area contributed by atoms with Gasteiger partial charge in [0, 0.05) is 10.3 Å². The average molecular weight is 335 g/mol. The number of para-hydroxylation sites is 1. The molecule has 2 aromatic heterocycles. The van der Waals surface area contributed by atoms with E-state index in [1.54, 1.807) is 6.07 Å². The van der Waals surface area contributed by atoms with Crippen LogP contribution in [0.2, 0.25) is 0 Å². The van der Waals surface area contributed by atoms with Crippen LogP contribution in [0.15, 0.2) is 45.3 Å². The maximum Gasteiger partial charge on any atom is 0.238 e. The van der Waals surface area contributed by atoms with Gasteiger partial charge in [0.15, 0.2) is 5.76 Å². The van der Waals surface area contributed by atoms with Crippen LogP contribution in [0, 0.1) is 0 Å². The number of rotatable bonds is 3. The number of aryl methyl sites for hydroxylation is 1. The van der Waals surface area contributed by atoms with Gasteiger partial charge in [0.1, 0.15) is 5.58 Å². The highest BCUT2D eigenvalue weighted by Gasteiger charge is 2.17. The summed E-state index contributed by atoms with van der Waals surface area (Å²) in [6.45, 7) is 2.08. The molecule has 0 radical (unpaired) electrons. The highest BCUT2D eigenvalue weighted by atomic mass is 79.9. The van der Waals surface area contributed by atoms with Crippen molar-refractivity contribution in [2.75, 3.05) is 0 Å². The lowest BCUT2D eigenvalue weighted by molar-refractivity contribution is 0.101.